The Morgan fingerprint density at radius 3 is 2.93 bits per heavy atom. The Hall–Kier alpha value is -0.570. The zero-order chi connectivity index (χ0) is 10.8. The lowest BCUT2D eigenvalue weighted by atomic mass is 10.2. The van der Waals surface area contributed by atoms with E-state index >= 15 is 0 Å². The lowest BCUT2D eigenvalue weighted by Gasteiger charge is -2.06. The maximum absolute atomic E-state index is 6.14. The van der Waals surface area contributed by atoms with Crippen LogP contribution in [0.15, 0.2) is 24.3 Å². The van der Waals surface area contributed by atoms with E-state index in [9.17, 15) is 0 Å². The van der Waals surface area contributed by atoms with E-state index in [0.717, 1.165) is 11.4 Å². The number of nitrogens with one attached hydrogen (secondary N) is 1. The Morgan fingerprint density at radius 1 is 1.47 bits per heavy atom. The van der Waals surface area contributed by atoms with Gasteiger partial charge in [-0.15, -0.1) is 11.3 Å². The van der Waals surface area contributed by atoms with E-state index in [4.69, 9.17) is 11.6 Å². The normalized spacial score (nSPS) is 13.3. The summed E-state index contributed by atoms with van der Waals surface area (Å²) < 4.78 is 1.21. The molecule has 0 saturated carbocycles. The molecule has 0 aliphatic carbocycles. The molecule has 1 aromatic heterocycles. The van der Waals surface area contributed by atoms with Gasteiger partial charge in [0.1, 0.15) is 0 Å². The second-order valence-electron chi connectivity index (χ2n) is 3.76. The van der Waals surface area contributed by atoms with Gasteiger partial charge in [0.15, 0.2) is 0 Å². The van der Waals surface area contributed by atoms with E-state index < -0.39 is 0 Å². The van der Waals surface area contributed by atoms with Crippen LogP contribution >= 0.6 is 22.9 Å². The summed E-state index contributed by atoms with van der Waals surface area (Å²) in [5.41, 5.74) is 0. The van der Waals surface area contributed by atoms with Crippen molar-refractivity contribution < 1.29 is 0 Å². The van der Waals surface area contributed by atoms with E-state index in [2.05, 4.69) is 24.4 Å². The van der Waals surface area contributed by atoms with Gasteiger partial charge in [0.2, 0.25) is 0 Å². The average molecular weight is 240 g/mol. The summed E-state index contributed by atoms with van der Waals surface area (Å²) in [5, 5.41) is 5.36. The van der Waals surface area contributed by atoms with Crippen LogP contribution < -0.4 is 5.32 Å². The molecule has 1 heterocycles. The van der Waals surface area contributed by atoms with Crippen LogP contribution in [0.1, 0.15) is 11.8 Å². The Balaban J connectivity index is 2.35. The van der Waals surface area contributed by atoms with E-state index in [0.29, 0.717) is 6.04 Å². The maximum atomic E-state index is 6.14. The molecule has 0 amide bonds. The molecule has 0 fully saturated rings. The third kappa shape index (κ3) is 2.33. The summed E-state index contributed by atoms with van der Waals surface area (Å²) in [6, 6.07) is 8.82. The van der Waals surface area contributed by atoms with Gasteiger partial charge < -0.3 is 5.32 Å². The number of thiophene rings is 1. The summed E-state index contributed by atoms with van der Waals surface area (Å²) >= 11 is 7.93. The Morgan fingerprint density at radius 2 is 2.27 bits per heavy atom. The minimum Gasteiger partial charge on any atom is -0.317 e. The van der Waals surface area contributed by atoms with Crippen molar-refractivity contribution in [2.24, 2.45) is 0 Å². The Kier molecular flexibility index (Phi) is 3.29. The van der Waals surface area contributed by atoms with E-state index in [1.54, 1.807) is 11.3 Å². The molecule has 0 bridgehead atoms. The molecule has 1 N–H and O–H groups in total. The van der Waals surface area contributed by atoms with Crippen LogP contribution in [0.5, 0.6) is 0 Å². The molecule has 3 heteroatoms. The van der Waals surface area contributed by atoms with Crippen molar-refractivity contribution >= 4 is 33.0 Å². The topological polar surface area (TPSA) is 12.0 Å². The van der Waals surface area contributed by atoms with Crippen LogP contribution in [0, 0.1) is 0 Å². The van der Waals surface area contributed by atoms with Gasteiger partial charge in [-0.2, -0.15) is 0 Å². The highest BCUT2D eigenvalue weighted by Gasteiger charge is 2.07. The first-order valence-corrected chi connectivity index (χ1v) is 6.24. The predicted molar refractivity (Wildman–Crippen MR) is 69.1 cm³/mol. The summed E-state index contributed by atoms with van der Waals surface area (Å²) in [7, 11) is 1.99. The largest absolute Gasteiger partial charge is 0.317 e. The van der Waals surface area contributed by atoms with E-state index in [1.165, 1.54) is 15.0 Å². The molecular weight excluding hydrogens is 226 g/mol. The molecule has 2 rings (SSSR count). The molecule has 1 atom stereocenters. The van der Waals surface area contributed by atoms with Gasteiger partial charge in [0.25, 0.3) is 0 Å². The number of halogens is 1. The molecule has 80 valence electrons. The number of likely N-dealkylation sites (N-methyl/N-ethyl adjacent to an activating group) is 1. The van der Waals surface area contributed by atoms with Crippen molar-refractivity contribution in [3.05, 3.63) is 34.2 Å². The first kappa shape index (κ1) is 10.9. The third-order valence-electron chi connectivity index (χ3n) is 2.55. The van der Waals surface area contributed by atoms with Crippen LogP contribution in [-0.4, -0.2) is 13.1 Å². The lowest BCUT2D eigenvalue weighted by molar-refractivity contribution is 0.613. The van der Waals surface area contributed by atoms with Gasteiger partial charge >= 0.3 is 0 Å². The Labute approximate surface area is 99.1 Å². The standard InChI is InChI=1S/C12H14ClNS/c1-8(14-2)6-10-7-9-4-3-5-11(13)12(9)15-10/h3-5,7-8,14H,6H2,1-2H3. The molecule has 0 aliphatic heterocycles. The zero-order valence-corrected chi connectivity index (χ0v) is 10.5. The molecule has 1 unspecified atom stereocenters. The molecule has 15 heavy (non-hydrogen) atoms. The smallest absolute Gasteiger partial charge is 0.0584 e. The third-order valence-corrected chi connectivity index (χ3v) is 4.18. The highest BCUT2D eigenvalue weighted by molar-refractivity contribution is 7.19. The zero-order valence-electron chi connectivity index (χ0n) is 8.88. The fraction of sp³-hybridized carbons (Fsp3) is 0.333. The van der Waals surface area contributed by atoms with Gasteiger partial charge in [-0.1, -0.05) is 23.7 Å². The number of fused-ring (bicyclic) bond motifs is 1. The fourth-order valence-electron chi connectivity index (χ4n) is 1.59. The molecule has 0 saturated heterocycles. The fourth-order valence-corrected chi connectivity index (χ4v) is 3.07. The molecule has 1 aromatic carbocycles. The predicted octanol–water partition coefficient (Wildman–Crippen LogP) is 3.71. The second kappa shape index (κ2) is 4.52. The van der Waals surface area contributed by atoms with E-state index in [-0.39, 0.29) is 0 Å². The average Bonchev–Trinajstić information content (AvgIpc) is 2.62. The minimum atomic E-state index is 0.511. The van der Waals surface area contributed by atoms with Crippen LogP contribution in [0.25, 0.3) is 10.1 Å². The van der Waals surface area contributed by atoms with Gasteiger partial charge in [0.05, 0.1) is 9.72 Å². The molecule has 2 aromatic rings. The van der Waals surface area contributed by atoms with Gasteiger partial charge in [-0.3, -0.25) is 0 Å². The summed E-state index contributed by atoms with van der Waals surface area (Å²) in [4.78, 5) is 1.39. The highest BCUT2D eigenvalue weighted by Crippen LogP contribution is 2.32. The molecule has 0 spiro atoms. The number of rotatable bonds is 3. The number of hydrogen-bond acceptors (Lipinski definition) is 2. The summed E-state index contributed by atoms with van der Waals surface area (Å²) in [6.45, 7) is 2.19. The first-order chi connectivity index (χ1) is 7.20. The summed E-state index contributed by atoms with van der Waals surface area (Å²) in [6.07, 6.45) is 1.06. The van der Waals surface area contributed by atoms with Crippen LogP contribution in [0.3, 0.4) is 0 Å². The quantitative estimate of drug-likeness (QED) is 0.861. The lowest BCUT2D eigenvalue weighted by Crippen LogP contribution is -2.22. The molecule has 0 radical (unpaired) electrons. The van der Waals surface area contributed by atoms with Crippen molar-refractivity contribution in [1.82, 2.24) is 5.32 Å². The van der Waals surface area contributed by atoms with Crippen molar-refractivity contribution in [2.45, 2.75) is 19.4 Å². The van der Waals surface area contributed by atoms with Crippen molar-refractivity contribution in [1.29, 1.82) is 0 Å². The van der Waals surface area contributed by atoms with Gasteiger partial charge in [-0.05, 0) is 37.9 Å². The van der Waals surface area contributed by atoms with Gasteiger partial charge in [-0.25, -0.2) is 0 Å². The Bertz CT molecular complexity index is 464. The molecule has 0 aliphatic rings. The van der Waals surface area contributed by atoms with Crippen LogP contribution in [0.4, 0.5) is 0 Å². The minimum absolute atomic E-state index is 0.511. The van der Waals surface area contributed by atoms with Crippen molar-refractivity contribution in [2.75, 3.05) is 7.05 Å². The molecular formula is C12H14ClNS. The van der Waals surface area contributed by atoms with E-state index in [1.807, 2.05) is 19.2 Å². The first-order valence-electron chi connectivity index (χ1n) is 5.05. The number of benzene rings is 1. The van der Waals surface area contributed by atoms with Crippen LogP contribution in [0.2, 0.25) is 5.02 Å². The maximum Gasteiger partial charge on any atom is 0.0584 e. The number of hydrogen-bond donors (Lipinski definition) is 1. The van der Waals surface area contributed by atoms with Gasteiger partial charge in [0, 0.05) is 10.9 Å². The monoisotopic (exact) mass is 239 g/mol. The molecule has 1 nitrogen and oxygen atoms in total. The highest BCUT2D eigenvalue weighted by atomic mass is 35.5. The van der Waals surface area contributed by atoms with Crippen LogP contribution in [-0.2, 0) is 6.42 Å². The second-order valence-corrected chi connectivity index (χ2v) is 5.31. The van der Waals surface area contributed by atoms with Crippen molar-refractivity contribution in [3.8, 4) is 0 Å². The summed E-state index contributed by atoms with van der Waals surface area (Å²) in [5.74, 6) is 0. The SMILES string of the molecule is CNC(C)Cc1cc2cccc(Cl)c2s1. The van der Waals surface area contributed by atoms with Crippen molar-refractivity contribution in [3.63, 3.8) is 0 Å².